The molecule has 1 fully saturated rings. The fourth-order valence-corrected chi connectivity index (χ4v) is 2.61. The summed E-state index contributed by atoms with van der Waals surface area (Å²) in [5.41, 5.74) is 6.03. The Morgan fingerprint density at radius 3 is 2.75 bits per heavy atom. The quantitative estimate of drug-likeness (QED) is 0.713. The predicted molar refractivity (Wildman–Crippen MR) is 70.6 cm³/mol. The van der Waals surface area contributed by atoms with E-state index < -0.39 is 0 Å². The Balaban J connectivity index is 2.08. The van der Waals surface area contributed by atoms with Gasteiger partial charge in [-0.15, -0.1) is 0 Å². The van der Waals surface area contributed by atoms with Crippen LogP contribution >= 0.6 is 0 Å². The minimum absolute atomic E-state index is 0.402. The van der Waals surface area contributed by atoms with Gasteiger partial charge in [0.05, 0.1) is 0 Å². The minimum atomic E-state index is 0.402. The van der Waals surface area contributed by atoms with Crippen molar-refractivity contribution in [3.05, 3.63) is 0 Å². The molecule has 2 N–H and O–H groups in total. The summed E-state index contributed by atoms with van der Waals surface area (Å²) in [6, 6.07) is 0.402. The number of nitrogens with zero attached hydrogens (tertiary/aromatic N) is 2. The zero-order chi connectivity index (χ0) is 12.0. The first-order valence-corrected chi connectivity index (χ1v) is 6.74. The van der Waals surface area contributed by atoms with Gasteiger partial charge in [-0.25, -0.2) is 0 Å². The van der Waals surface area contributed by atoms with Crippen molar-refractivity contribution in [1.82, 2.24) is 9.80 Å². The Hall–Kier alpha value is -0.120. The largest absolute Gasteiger partial charge is 0.328 e. The smallest absolute Gasteiger partial charge is 0.00509 e. The molecule has 2 unspecified atom stereocenters. The van der Waals surface area contributed by atoms with Gasteiger partial charge in [0.2, 0.25) is 0 Å². The van der Waals surface area contributed by atoms with E-state index in [0.717, 1.165) is 18.9 Å². The topological polar surface area (TPSA) is 32.5 Å². The molecule has 0 aliphatic carbocycles. The average Bonchev–Trinajstić information content (AvgIpc) is 2.61. The molecule has 16 heavy (non-hydrogen) atoms. The highest BCUT2D eigenvalue weighted by Crippen LogP contribution is 2.15. The van der Waals surface area contributed by atoms with Gasteiger partial charge in [0.25, 0.3) is 0 Å². The molecule has 0 bridgehead atoms. The molecule has 96 valence electrons. The second kappa shape index (κ2) is 7.25. The van der Waals surface area contributed by atoms with Gasteiger partial charge < -0.3 is 15.5 Å². The van der Waals surface area contributed by atoms with Gasteiger partial charge in [-0.2, -0.15) is 0 Å². The van der Waals surface area contributed by atoms with E-state index >= 15 is 0 Å². The molecule has 2 atom stereocenters. The van der Waals surface area contributed by atoms with Crippen molar-refractivity contribution >= 4 is 0 Å². The fraction of sp³-hybridized carbons (Fsp3) is 1.00. The van der Waals surface area contributed by atoms with Crippen molar-refractivity contribution < 1.29 is 0 Å². The lowest BCUT2D eigenvalue weighted by Gasteiger charge is -2.22. The summed E-state index contributed by atoms with van der Waals surface area (Å²) >= 11 is 0. The first kappa shape index (κ1) is 13.9. The highest BCUT2D eigenvalue weighted by molar-refractivity contribution is 4.75. The Labute approximate surface area is 101 Å². The van der Waals surface area contributed by atoms with Crippen LogP contribution in [0, 0.1) is 5.92 Å². The van der Waals surface area contributed by atoms with Crippen LogP contribution in [0.5, 0.6) is 0 Å². The molecule has 0 aromatic carbocycles. The van der Waals surface area contributed by atoms with Gasteiger partial charge in [0.1, 0.15) is 0 Å². The van der Waals surface area contributed by atoms with Crippen molar-refractivity contribution in [3.8, 4) is 0 Å². The molecular weight excluding hydrogens is 198 g/mol. The van der Waals surface area contributed by atoms with E-state index in [2.05, 4.69) is 30.8 Å². The van der Waals surface area contributed by atoms with E-state index in [1.165, 1.54) is 38.9 Å². The van der Waals surface area contributed by atoms with E-state index in [9.17, 15) is 0 Å². The Morgan fingerprint density at radius 1 is 1.44 bits per heavy atom. The molecular formula is C13H29N3. The average molecular weight is 227 g/mol. The van der Waals surface area contributed by atoms with Crippen LogP contribution in [0.4, 0.5) is 0 Å². The van der Waals surface area contributed by atoms with Gasteiger partial charge >= 0.3 is 0 Å². The van der Waals surface area contributed by atoms with Crippen molar-refractivity contribution in [1.29, 1.82) is 0 Å². The van der Waals surface area contributed by atoms with Crippen molar-refractivity contribution in [2.45, 2.75) is 38.6 Å². The molecule has 1 saturated heterocycles. The Morgan fingerprint density at radius 2 is 2.19 bits per heavy atom. The highest BCUT2D eigenvalue weighted by Gasteiger charge is 2.20. The number of nitrogens with two attached hydrogens (primary N) is 1. The lowest BCUT2D eigenvalue weighted by atomic mass is 10.1. The van der Waals surface area contributed by atoms with Crippen LogP contribution in [0.3, 0.4) is 0 Å². The summed E-state index contributed by atoms with van der Waals surface area (Å²) in [6.07, 6.45) is 4.88. The molecule has 3 heteroatoms. The van der Waals surface area contributed by atoms with Crippen LogP contribution in [-0.4, -0.2) is 56.1 Å². The molecule has 1 aliphatic heterocycles. The number of hydrogen-bond donors (Lipinski definition) is 1. The maximum Gasteiger partial charge on any atom is 0.00509 e. The molecule has 0 amide bonds. The normalized spacial score (nSPS) is 24.2. The summed E-state index contributed by atoms with van der Waals surface area (Å²) in [7, 11) is 4.45. The third kappa shape index (κ3) is 5.28. The van der Waals surface area contributed by atoms with Crippen LogP contribution in [-0.2, 0) is 0 Å². The SMILES string of the molecule is CCCC(N)CCN(C)CC1CCN(C)C1. The first-order chi connectivity index (χ1) is 7.61. The number of hydrogen-bond acceptors (Lipinski definition) is 3. The monoisotopic (exact) mass is 227 g/mol. The summed E-state index contributed by atoms with van der Waals surface area (Å²) < 4.78 is 0. The zero-order valence-corrected chi connectivity index (χ0v) is 11.3. The second-order valence-electron chi connectivity index (χ2n) is 5.52. The molecule has 1 heterocycles. The molecule has 1 rings (SSSR count). The number of rotatable bonds is 7. The Kier molecular flexibility index (Phi) is 6.32. The summed E-state index contributed by atoms with van der Waals surface area (Å²) in [6.45, 7) is 7.14. The molecule has 0 aromatic rings. The van der Waals surface area contributed by atoms with Crippen LogP contribution in [0.15, 0.2) is 0 Å². The van der Waals surface area contributed by atoms with Crippen LogP contribution in [0.1, 0.15) is 32.6 Å². The van der Waals surface area contributed by atoms with Crippen molar-refractivity contribution in [3.63, 3.8) is 0 Å². The number of likely N-dealkylation sites (tertiary alicyclic amines) is 1. The van der Waals surface area contributed by atoms with Crippen molar-refractivity contribution in [2.24, 2.45) is 11.7 Å². The molecule has 1 aliphatic rings. The summed E-state index contributed by atoms with van der Waals surface area (Å²) in [5.74, 6) is 0.873. The molecule has 0 spiro atoms. The van der Waals surface area contributed by atoms with Gasteiger partial charge in [0, 0.05) is 19.1 Å². The third-order valence-electron chi connectivity index (χ3n) is 3.60. The van der Waals surface area contributed by atoms with E-state index in [0.29, 0.717) is 6.04 Å². The molecule has 0 radical (unpaired) electrons. The van der Waals surface area contributed by atoms with Crippen LogP contribution in [0.25, 0.3) is 0 Å². The lowest BCUT2D eigenvalue weighted by molar-refractivity contribution is 0.263. The van der Waals surface area contributed by atoms with Gasteiger partial charge in [-0.3, -0.25) is 0 Å². The molecule has 0 saturated carbocycles. The van der Waals surface area contributed by atoms with Gasteiger partial charge in [-0.05, 0) is 52.4 Å². The fourth-order valence-electron chi connectivity index (χ4n) is 2.61. The van der Waals surface area contributed by atoms with Crippen LogP contribution in [0.2, 0.25) is 0 Å². The van der Waals surface area contributed by atoms with Crippen molar-refractivity contribution in [2.75, 3.05) is 40.3 Å². The van der Waals surface area contributed by atoms with Gasteiger partial charge in [-0.1, -0.05) is 13.3 Å². The predicted octanol–water partition coefficient (Wildman–Crippen LogP) is 1.39. The third-order valence-corrected chi connectivity index (χ3v) is 3.60. The Bertz CT molecular complexity index is 184. The summed E-state index contributed by atoms with van der Waals surface area (Å²) in [4.78, 5) is 4.89. The minimum Gasteiger partial charge on any atom is -0.328 e. The van der Waals surface area contributed by atoms with E-state index in [1.54, 1.807) is 0 Å². The van der Waals surface area contributed by atoms with Gasteiger partial charge in [0.15, 0.2) is 0 Å². The zero-order valence-electron chi connectivity index (χ0n) is 11.3. The van der Waals surface area contributed by atoms with E-state index in [-0.39, 0.29) is 0 Å². The second-order valence-corrected chi connectivity index (χ2v) is 5.52. The van der Waals surface area contributed by atoms with E-state index in [4.69, 9.17) is 5.73 Å². The maximum absolute atomic E-state index is 6.03. The standard InChI is InChI=1S/C13H29N3/c1-4-5-13(14)7-9-16(3)11-12-6-8-15(2)10-12/h12-13H,4-11,14H2,1-3H3. The first-order valence-electron chi connectivity index (χ1n) is 6.74. The lowest BCUT2D eigenvalue weighted by Crippen LogP contribution is -2.32. The van der Waals surface area contributed by atoms with E-state index in [1.807, 2.05) is 0 Å². The molecule has 3 nitrogen and oxygen atoms in total. The highest BCUT2D eigenvalue weighted by atomic mass is 15.1. The maximum atomic E-state index is 6.03. The van der Waals surface area contributed by atoms with Crippen LogP contribution < -0.4 is 5.73 Å². The molecule has 0 aromatic heterocycles. The summed E-state index contributed by atoms with van der Waals surface area (Å²) in [5, 5.41) is 0.